The van der Waals surface area contributed by atoms with E-state index in [2.05, 4.69) is 36.2 Å². The van der Waals surface area contributed by atoms with E-state index in [1.807, 2.05) is 27.7 Å². The molecular weight excluding hydrogens is 411 g/mol. The zero-order chi connectivity index (χ0) is 22.1. The van der Waals surface area contributed by atoms with Gasteiger partial charge in [-0.05, 0) is 49.1 Å². The van der Waals surface area contributed by atoms with Gasteiger partial charge in [0, 0.05) is 25.2 Å². The maximum Gasteiger partial charge on any atom is 0.233 e. The van der Waals surface area contributed by atoms with Gasteiger partial charge in [-0.25, -0.2) is 4.39 Å². The van der Waals surface area contributed by atoms with Crippen LogP contribution in [0.3, 0.4) is 0 Å². The van der Waals surface area contributed by atoms with Crippen molar-refractivity contribution in [3.63, 3.8) is 0 Å². The number of thioether (sulfide) groups is 1. The summed E-state index contributed by atoms with van der Waals surface area (Å²) in [5.74, 6) is 0.914. The smallest absolute Gasteiger partial charge is 0.233 e. The van der Waals surface area contributed by atoms with Crippen molar-refractivity contribution in [3.05, 3.63) is 71.8 Å². The van der Waals surface area contributed by atoms with E-state index in [9.17, 15) is 9.18 Å². The third-order valence-corrected chi connectivity index (χ3v) is 5.84. The molecule has 0 aliphatic rings. The number of hydrogen-bond donors (Lipinski definition) is 0. The molecule has 5 nitrogen and oxygen atoms in total. The summed E-state index contributed by atoms with van der Waals surface area (Å²) < 4.78 is 15.4. The van der Waals surface area contributed by atoms with Crippen LogP contribution in [0.5, 0.6) is 0 Å². The van der Waals surface area contributed by atoms with Gasteiger partial charge in [0.15, 0.2) is 5.16 Å². The number of amides is 1. The van der Waals surface area contributed by atoms with Crippen LogP contribution < -0.4 is 0 Å². The Balaban J connectivity index is 1.79. The Bertz CT molecular complexity index is 953. The topological polar surface area (TPSA) is 51.0 Å². The number of rotatable bonds is 11. The molecule has 164 valence electrons. The van der Waals surface area contributed by atoms with E-state index < -0.39 is 0 Å². The minimum absolute atomic E-state index is 0.105. The standard InChI is InChI=1S/C24H29FN4OS/c1-3-16-28(17-4-2)23(30)18-31-24-27-26-22(15-10-19-8-6-5-7-9-19)29(24)21-13-11-20(25)12-14-21/h5-9,11-14H,3-4,10,15-18H2,1-2H3. The van der Waals surface area contributed by atoms with E-state index >= 15 is 0 Å². The van der Waals surface area contributed by atoms with Crippen molar-refractivity contribution >= 4 is 17.7 Å². The summed E-state index contributed by atoms with van der Waals surface area (Å²) in [4.78, 5) is 14.6. The largest absolute Gasteiger partial charge is 0.342 e. The summed E-state index contributed by atoms with van der Waals surface area (Å²) in [5.41, 5.74) is 2.01. The van der Waals surface area contributed by atoms with Crippen LogP contribution in [0.1, 0.15) is 38.1 Å². The average Bonchev–Trinajstić information content (AvgIpc) is 3.20. The number of halogens is 1. The number of hydrogen-bond acceptors (Lipinski definition) is 4. The van der Waals surface area contributed by atoms with Gasteiger partial charge in [-0.15, -0.1) is 10.2 Å². The Kier molecular flexibility index (Phi) is 8.64. The van der Waals surface area contributed by atoms with Crippen molar-refractivity contribution in [2.24, 2.45) is 0 Å². The van der Waals surface area contributed by atoms with Crippen molar-refractivity contribution < 1.29 is 9.18 Å². The van der Waals surface area contributed by atoms with Gasteiger partial charge >= 0.3 is 0 Å². The van der Waals surface area contributed by atoms with Gasteiger partial charge in [-0.2, -0.15) is 0 Å². The second-order valence-corrected chi connectivity index (χ2v) is 8.31. The molecule has 2 aromatic carbocycles. The third kappa shape index (κ3) is 6.40. The quantitative estimate of drug-likeness (QED) is 0.397. The highest BCUT2D eigenvalue weighted by Gasteiger charge is 2.18. The summed E-state index contributed by atoms with van der Waals surface area (Å²) in [6.45, 7) is 5.68. The van der Waals surface area contributed by atoms with E-state index in [1.165, 1.54) is 29.5 Å². The molecule has 0 aliphatic heterocycles. The van der Waals surface area contributed by atoms with Crippen molar-refractivity contribution in [1.29, 1.82) is 0 Å². The van der Waals surface area contributed by atoms with Crippen LogP contribution in [0.15, 0.2) is 59.8 Å². The van der Waals surface area contributed by atoms with Gasteiger partial charge in [-0.1, -0.05) is 55.9 Å². The van der Waals surface area contributed by atoms with E-state index in [1.54, 1.807) is 12.1 Å². The van der Waals surface area contributed by atoms with Crippen LogP contribution in [0, 0.1) is 5.82 Å². The monoisotopic (exact) mass is 440 g/mol. The lowest BCUT2D eigenvalue weighted by Gasteiger charge is -2.21. The normalized spacial score (nSPS) is 10.9. The first-order valence-electron chi connectivity index (χ1n) is 10.8. The van der Waals surface area contributed by atoms with Crippen LogP contribution in [-0.2, 0) is 17.6 Å². The Hall–Kier alpha value is -2.67. The van der Waals surface area contributed by atoms with E-state index in [0.29, 0.717) is 17.3 Å². The molecule has 0 saturated carbocycles. The molecular formula is C24H29FN4OS. The Morgan fingerprint density at radius 1 is 0.968 bits per heavy atom. The van der Waals surface area contributed by atoms with Gasteiger partial charge in [0.05, 0.1) is 5.75 Å². The molecule has 0 fully saturated rings. The first-order valence-corrected chi connectivity index (χ1v) is 11.8. The molecule has 7 heteroatoms. The lowest BCUT2D eigenvalue weighted by atomic mass is 10.1. The lowest BCUT2D eigenvalue weighted by Crippen LogP contribution is -2.33. The number of aromatic nitrogens is 3. The second-order valence-electron chi connectivity index (χ2n) is 7.37. The summed E-state index contributed by atoms with van der Waals surface area (Å²) in [6, 6.07) is 16.5. The second kappa shape index (κ2) is 11.6. The van der Waals surface area contributed by atoms with E-state index in [0.717, 1.165) is 43.9 Å². The van der Waals surface area contributed by atoms with Crippen molar-refractivity contribution in [2.45, 2.75) is 44.7 Å². The number of nitrogens with zero attached hydrogens (tertiary/aromatic N) is 4. The summed E-state index contributed by atoms with van der Waals surface area (Å²) in [5, 5.41) is 9.41. The highest BCUT2D eigenvalue weighted by atomic mass is 32.2. The fourth-order valence-electron chi connectivity index (χ4n) is 3.42. The lowest BCUT2D eigenvalue weighted by molar-refractivity contribution is -0.128. The van der Waals surface area contributed by atoms with Gasteiger partial charge in [0.2, 0.25) is 5.91 Å². The van der Waals surface area contributed by atoms with Gasteiger partial charge in [0.1, 0.15) is 11.6 Å². The van der Waals surface area contributed by atoms with Crippen molar-refractivity contribution in [1.82, 2.24) is 19.7 Å². The molecule has 0 unspecified atom stereocenters. The fourth-order valence-corrected chi connectivity index (χ4v) is 4.30. The van der Waals surface area contributed by atoms with E-state index in [4.69, 9.17) is 0 Å². The number of carbonyl (C=O) groups excluding carboxylic acids is 1. The predicted molar refractivity (Wildman–Crippen MR) is 123 cm³/mol. The molecule has 1 amide bonds. The molecule has 1 aromatic heterocycles. The average molecular weight is 441 g/mol. The molecule has 3 rings (SSSR count). The Labute approximate surface area is 187 Å². The van der Waals surface area contributed by atoms with Crippen LogP contribution in [0.2, 0.25) is 0 Å². The molecule has 0 radical (unpaired) electrons. The van der Waals surface area contributed by atoms with Crippen LogP contribution in [-0.4, -0.2) is 44.4 Å². The van der Waals surface area contributed by atoms with E-state index in [-0.39, 0.29) is 11.7 Å². The highest BCUT2D eigenvalue weighted by molar-refractivity contribution is 7.99. The molecule has 3 aromatic rings. The summed E-state index contributed by atoms with van der Waals surface area (Å²) in [7, 11) is 0. The summed E-state index contributed by atoms with van der Waals surface area (Å²) >= 11 is 1.38. The molecule has 1 heterocycles. The van der Waals surface area contributed by atoms with Crippen LogP contribution >= 0.6 is 11.8 Å². The maximum absolute atomic E-state index is 13.5. The SMILES string of the molecule is CCCN(CCC)C(=O)CSc1nnc(CCc2ccccc2)n1-c1ccc(F)cc1. The third-order valence-electron chi connectivity index (χ3n) is 4.93. The summed E-state index contributed by atoms with van der Waals surface area (Å²) in [6.07, 6.45) is 3.39. The van der Waals surface area contributed by atoms with Gasteiger partial charge < -0.3 is 4.90 Å². The molecule has 0 atom stereocenters. The first-order chi connectivity index (χ1) is 15.1. The number of carbonyl (C=O) groups is 1. The van der Waals surface area contributed by atoms with Crippen molar-refractivity contribution in [3.8, 4) is 5.69 Å². The maximum atomic E-state index is 13.5. The molecule has 0 N–H and O–H groups in total. The van der Waals surface area contributed by atoms with Gasteiger partial charge in [0.25, 0.3) is 0 Å². The highest BCUT2D eigenvalue weighted by Crippen LogP contribution is 2.24. The molecule has 0 bridgehead atoms. The zero-order valence-electron chi connectivity index (χ0n) is 18.1. The Morgan fingerprint density at radius 3 is 2.29 bits per heavy atom. The first kappa shape index (κ1) is 23.0. The molecule has 0 saturated heterocycles. The minimum Gasteiger partial charge on any atom is -0.342 e. The number of aryl methyl sites for hydroxylation is 2. The molecule has 31 heavy (non-hydrogen) atoms. The van der Waals surface area contributed by atoms with Crippen molar-refractivity contribution in [2.75, 3.05) is 18.8 Å². The minimum atomic E-state index is -0.290. The molecule has 0 spiro atoms. The Morgan fingerprint density at radius 2 is 1.65 bits per heavy atom. The van der Waals surface area contributed by atoms with Crippen LogP contribution in [0.4, 0.5) is 4.39 Å². The van der Waals surface area contributed by atoms with Crippen LogP contribution in [0.25, 0.3) is 5.69 Å². The zero-order valence-corrected chi connectivity index (χ0v) is 18.9. The fraction of sp³-hybridized carbons (Fsp3) is 0.375. The predicted octanol–water partition coefficient (Wildman–Crippen LogP) is 4.93. The molecule has 0 aliphatic carbocycles. The number of benzene rings is 2. The van der Waals surface area contributed by atoms with Gasteiger partial charge in [-0.3, -0.25) is 9.36 Å².